The molecule has 0 atom stereocenters. The summed E-state index contributed by atoms with van der Waals surface area (Å²) >= 11 is 3.42. The van der Waals surface area contributed by atoms with Crippen molar-refractivity contribution in [3.05, 3.63) is 46.6 Å². The number of hydrogen-bond donors (Lipinski definition) is 2. The van der Waals surface area contributed by atoms with Crippen LogP contribution < -0.4 is 10.0 Å². The molecule has 0 amide bonds. The van der Waals surface area contributed by atoms with Crippen LogP contribution in [0.25, 0.3) is 0 Å². The van der Waals surface area contributed by atoms with Gasteiger partial charge in [0.15, 0.2) is 0 Å². The van der Waals surface area contributed by atoms with Crippen molar-refractivity contribution in [2.75, 3.05) is 12.4 Å². The summed E-state index contributed by atoms with van der Waals surface area (Å²) in [6.45, 7) is 0.405. The molecule has 0 saturated carbocycles. The maximum absolute atomic E-state index is 11.5. The van der Waals surface area contributed by atoms with E-state index in [2.05, 4.69) is 26.0 Å². The van der Waals surface area contributed by atoms with Gasteiger partial charge in [0.1, 0.15) is 5.76 Å². The second-order valence-electron chi connectivity index (χ2n) is 3.76. The van der Waals surface area contributed by atoms with Crippen LogP contribution in [0.2, 0.25) is 0 Å². The molecule has 7 heteroatoms. The summed E-state index contributed by atoms with van der Waals surface area (Å²) in [5, 5.41) is 3.07. The third kappa shape index (κ3) is 3.37. The molecule has 2 aromatic rings. The first-order chi connectivity index (χ1) is 9.03. The van der Waals surface area contributed by atoms with Gasteiger partial charge in [0.25, 0.3) is 10.0 Å². The Morgan fingerprint density at radius 2 is 1.95 bits per heavy atom. The summed E-state index contributed by atoms with van der Waals surface area (Å²) in [7, 11) is -2.18. The van der Waals surface area contributed by atoms with Crippen LogP contribution in [0.1, 0.15) is 5.76 Å². The van der Waals surface area contributed by atoms with Crippen molar-refractivity contribution in [1.29, 1.82) is 0 Å². The fourth-order valence-electron chi connectivity index (χ4n) is 1.49. The quantitative estimate of drug-likeness (QED) is 0.874. The molecule has 0 spiro atoms. The van der Waals surface area contributed by atoms with Gasteiger partial charge in [-0.2, -0.15) is 0 Å². The third-order valence-corrected chi connectivity index (χ3v) is 4.48. The molecule has 0 bridgehead atoms. The van der Waals surface area contributed by atoms with Crippen LogP contribution in [0.5, 0.6) is 0 Å². The monoisotopic (exact) mass is 344 g/mol. The first-order valence-corrected chi connectivity index (χ1v) is 7.81. The minimum atomic E-state index is -3.52. The lowest BCUT2D eigenvalue weighted by atomic mass is 10.3. The maximum Gasteiger partial charge on any atom is 0.273 e. The zero-order chi connectivity index (χ0) is 13.9. The van der Waals surface area contributed by atoms with Crippen molar-refractivity contribution in [3.8, 4) is 0 Å². The van der Waals surface area contributed by atoms with Gasteiger partial charge in [-0.3, -0.25) is 0 Å². The Labute approximate surface area is 120 Å². The number of anilines is 1. The van der Waals surface area contributed by atoms with E-state index in [1.807, 2.05) is 24.3 Å². The molecule has 1 heterocycles. The highest BCUT2D eigenvalue weighted by molar-refractivity contribution is 9.10. The zero-order valence-corrected chi connectivity index (χ0v) is 12.6. The van der Waals surface area contributed by atoms with E-state index >= 15 is 0 Å². The van der Waals surface area contributed by atoms with E-state index in [1.165, 1.54) is 13.1 Å². The van der Waals surface area contributed by atoms with Crippen LogP contribution in [-0.4, -0.2) is 15.5 Å². The SMILES string of the molecule is CNS(=O)(=O)c1ccc(CNc2ccccc2Br)o1. The predicted octanol–water partition coefficient (Wildman–Crippen LogP) is 2.56. The minimum Gasteiger partial charge on any atom is -0.446 e. The molecule has 5 nitrogen and oxygen atoms in total. The van der Waals surface area contributed by atoms with Gasteiger partial charge in [-0.1, -0.05) is 12.1 Å². The smallest absolute Gasteiger partial charge is 0.273 e. The molecular formula is C12H13BrN2O3S. The summed E-state index contributed by atoms with van der Waals surface area (Å²) in [5.41, 5.74) is 0.914. The average molecular weight is 345 g/mol. The maximum atomic E-state index is 11.5. The van der Waals surface area contributed by atoms with E-state index < -0.39 is 10.0 Å². The molecule has 0 aliphatic rings. The summed E-state index contributed by atoms with van der Waals surface area (Å²) < 4.78 is 31.4. The normalized spacial score (nSPS) is 11.5. The first-order valence-electron chi connectivity index (χ1n) is 5.53. The largest absolute Gasteiger partial charge is 0.446 e. The lowest BCUT2D eigenvalue weighted by Crippen LogP contribution is -2.17. The van der Waals surface area contributed by atoms with Gasteiger partial charge in [-0.25, -0.2) is 13.1 Å². The van der Waals surface area contributed by atoms with E-state index in [9.17, 15) is 8.42 Å². The Balaban J connectivity index is 2.08. The highest BCUT2D eigenvalue weighted by atomic mass is 79.9. The van der Waals surface area contributed by atoms with Crippen molar-refractivity contribution in [1.82, 2.24) is 4.72 Å². The van der Waals surface area contributed by atoms with Crippen molar-refractivity contribution >= 4 is 31.6 Å². The third-order valence-electron chi connectivity index (χ3n) is 2.50. The number of rotatable bonds is 5. The minimum absolute atomic E-state index is 0.0843. The summed E-state index contributed by atoms with van der Waals surface area (Å²) in [6, 6.07) is 10.7. The Morgan fingerprint density at radius 1 is 1.21 bits per heavy atom. The van der Waals surface area contributed by atoms with Crippen molar-refractivity contribution < 1.29 is 12.8 Å². The van der Waals surface area contributed by atoms with Gasteiger partial charge in [0, 0.05) is 10.2 Å². The molecule has 0 aliphatic heterocycles. The van der Waals surface area contributed by atoms with Gasteiger partial charge in [-0.15, -0.1) is 0 Å². The topological polar surface area (TPSA) is 71.3 Å². The van der Waals surface area contributed by atoms with Crippen LogP contribution in [0.15, 0.2) is 50.4 Å². The summed E-state index contributed by atoms with van der Waals surface area (Å²) in [5.74, 6) is 0.546. The molecule has 0 unspecified atom stereocenters. The van der Waals surface area contributed by atoms with Gasteiger partial charge in [-0.05, 0) is 47.2 Å². The molecule has 0 saturated heterocycles. The Kier molecular flexibility index (Phi) is 4.28. The molecule has 2 rings (SSSR count). The number of hydrogen-bond acceptors (Lipinski definition) is 4. The van der Waals surface area contributed by atoms with Gasteiger partial charge in [0.2, 0.25) is 5.09 Å². The number of nitrogens with one attached hydrogen (secondary N) is 2. The molecule has 0 fully saturated rings. The highest BCUT2D eigenvalue weighted by Crippen LogP contribution is 2.22. The van der Waals surface area contributed by atoms with E-state index in [0.29, 0.717) is 12.3 Å². The highest BCUT2D eigenvalue weighted by Gasteiger charge is 2.16. The fourth-order valence-corrected chi connectivity index (χ4v) is 2.58. The standard InChI is InChI=1S/C12H13BrN2O3S/c1-14-19(16,17)12-7-6-9(18-12)8-15-11-5-3-2-4-10(11)13/h2-7,14-15H,8H2,1H3. The van der Waals surface area contributed by atoms with E-state index in [1.54, 1.807) is 6.07 Å². The van der Waals surface area contributed by atoms with Crippen LogP contribution in [0.4, 0.5) is 5.69 Å². The van der Waals surface area contributed by atoms with Crippen LogP contribution in [0, 0.1) is 0 Å². The number of furan rings is 1. The summed E-state index contributed by atoms with van der Waals surface area (Å²) in [6.07, 6.45) is 0. The van der Waals surface area contributed by atoms with E-state index in [-0.39, 0.29) is 5.09 Å². The Morgan fingerprint density at radius 3 is 2.63 bits per heavy atom. The fraction of sp³-hybridized carbons (Fsp3) is 0.167. The van der Waals surface area contributed by atoms with Crippen LogP contribution in [0.3, 0.4) is 0 Å². The second-order valence-corrected chi connectivity index (χ2v) is 6.43. The average Bonchev–Trinajstić information content (AvgIpc) is 2.87. The number of halogens is 1. The summed E-state index contributed by atoms with van der Waals surface area (Å²) in [4.78, 5) is 0. The Bertz CT molecular complexity index is 667. The molecule has 0 radical (unpaired) electrons. The predicted molar refractivity (Wildman–Crippen MR) is 76.4 cm³/mol. The lowest BCUT2D eigenvalue weighted by Gasteiger charge is -2.06. The lowest BCUT2D eigenvalue weighted by molar-refractivity contribution is 0.417. The van der Waals surface area contributed by atoms with Gasteiger partial charge in [0.05, 0.1) is 6.54 Å². The molecule has 2 N–H and O–H groups in total. The van der Waals surface area contributed by atoms with E-state index in [0.717, 1.165) is 10.2 Å². The van der Waals surface area contributed by atoms with E-state index in [4.69, 9.17) is 4.42 Å². The van der Waals surface area contributed by atoms with Gasteiger partial charge < -0.3 is 9.73 Å². The molecule has 1 aromatic heterocycles. The van der Waals surface area contributed by atoms with Crippen LogP contribution in [-0.2, 0) is 16.6 Å². The second kappa shape index (κ2) is 5.77. The Hall–Kier alpha value is -1.31. The van der Waals surface area contributed by atoms with Crippen LogP contribution >= 0.6 is 15.9 Å². The molecule has 0 aliphatic carbocycles. The first kappa shape index (κ1) is 14.1. The zero-order valence-electron chi connectivity index (χ0n) is 10.2. The van der Waals surface area contributed by atoms with Crippen molar-refractivity contribution in [2.24, 2.45) is 0 Å². The molecule has 19 heavy (non-hydrogen) atoms. The van der Waals surface area contributed by atoms with Crippen molar-refractivity contribution in [3.63, 3.8) is 0 Å². The number of para-hydroxylation sites is 1. The van der Waals surface area contributed by atoms with Crippen molar-refractivity contribution in [2.45, 2.75) is 11.6 Å². The van der Waals surface area contributed by atoms with Gasteiger partial charge >= 0.3 is 0 Å². The number of sulfonamides is 1. The number of benzene rings is 1. The molecular weight excluding hydrogens is 332 g/mol. The molecule has 1 aromatic carbocycles. The molecule has 102 valence electrons.